The summed E-state index contributed by atoms with van der Waals surface area (Å²) in [7, 11) is -3.52. The van der Waals surface area contributed by atoms with E-state index in [1.807, 2.05) is 17.0 Å². The van der Waals surface area contributed by atoms with Crippen molar-refractivity contribution in [2.75, 3.05) is 12.8 Å². The second-order valence-corrected chi connectivity index (χ2v) is 8.81. The highest BCUT2D eigenvalue weighted by Crippen LogP contribution is 2.17. The van der Waals surface area contributed by atoms with Gasteiger partial charge in [0, 0.05) is 19.5 Å². The number of nitrogens with zero attached hydrogens (tertiary/aromatic N) is 1. The number of hydrogen-bond donors (Lipinski definition) is 0. The topological polar surface area (TPSA) is 63.7 Å². The Bertz CT molecular complexity index is 638. The highest BCUT2D eigenvalue weighted by Gasteiger charge is 2.14. The van der Waals surface area contributed by atoms with E-state index in [9.17, 15) is 13.2 Å². The van der Waals surface area contributed by atoms with E-state index in [1.54, 1.807) is 12.1 Å². The van der Waals surface area contributed by atoms with Crippen molar-refractivity contribution in [3.8, 4) is 5.75 Å². The molecule has 0 saturated heterocycles. The number of rotatable bonds is 12. The highest BCUT2D eigenvalue weighted by atomic mass is 32.2. The first kappa shape index (κ1) is 22.5. The molecule has 5 nitrogen and oxygen atoms in total. The monoisotopic (exact) mass is 383 g/mol. The van der Waals surface area contributed by atoms with Gasteiger partial charge in [-0.05, 0) is 36.5 Å². The highest BCUT2D eigenvalue weighted by molar-refractivity contribution is 7.86. The van der Waals surface area contributed by atoms with Gasteiger partial charge in [0.2, 0.25) is 5.91 Å². The van der Waals surface area contributed by atoms with Crippen LogP contribution in [0.2, 0.25) is 0 Å². The lowest BCUT2D eigenvalue weighted by Crippen LogP contribution is -2.32. The van der Waals surface area contributed by atoms with Gasteiger partial charge >= 0.3 is 10.1 Å². The van der Waals surface area contributed by atoms with Crippen molar-refractivity contribution < 1.29 is 17.4 Å². The number of carbonyl (C=O) groups is 1. The van der Waals surface area contributed by atoms with Gasteiger partial charge in [-0.2, -0.15) is 8.42 Å². The predicted octanol–water partition coefficient (Wildman–Crippen LogP) is 4.37. The number of unbranched alkanes of at least 4 members (excludes halogenated alkanes) is 3. The van der Waals surface area contributed by atoms with Crippen LogP contribution in [-0.2, 0) is 21.5 Å². The van der Waals surface area contributed by atoms with Gasteiger partial charge in [0.25, 0.3) is 0 Å². The molecule has 0 spiro atoms. The van der Waals surface area contributed by atoms with Crippen LogP contribution in [0.25, 0.3) is 0 Å². The molecule has 0 unspecified atom stereocenters. The fourth-order valence-electron chi connectivity index (χ4n) is 2.61. The molecular weight excluding hydrogens is 350 g/mol. The van der Waals surface area contributed by atoms with Crippen LogP contribution in [0, 0.1) is 5.92 Å². The standard InChI is InChI=1S/C20H33NO4S/c1-5-6-7-8-9-20(22)21(15-14-17(2)3)16-18-10-12-19(13-11-18)25-26(4,23)24/h10-13,17H,5-9,14-16H2,1-4H3. The lowest BCUT2D eigenvalue weighted by molar-refractivity contribution is -0.132. The Morgan fingerprint density at radius 3 is 2.31 bits per heavy atom. The van der Waals surface area contributed by atoms with E-state index in [-0.39, 0.29) is 11.7 Å². The number of carbonyl (C=O) groups excluding carboxylic acids is 1. The molecule has 0 fully saturated rings. The van der Waals surface area contributed by atoms with Crippen LogP contribution in [0.3, 0.4) is 0 Å². The SMILES string of the molecule is CCCCCCC(=O)N(CCC(C)C)Cc1ccc(OS(C)(=O)=O)cc1. The molecule has 0 bridgehead atoms. The van der Waals surface area contributed by atoms with Crippen molar-refractivity contribution in [2.24, 2.45) is 5.92 Å². The molecule has 0 aliphatic carbocycles. The van der Waals surface area contributed by atoms with Crippen LogP contribution in [0.15, 0.2) is 24.3 Å². The summed E-state index contributed by atoms with van der Waals surface area (Å²) < 4.78 is 27.2. The van der Waals surface area contributed by atoms with Crippen molar-refractivity contribution in [3.63, 3.8) is 0 Å². The maximum atomic E-state index is 12.6. The van der Waals surface area contributed by atoms with E-state index in [0.29, 0.717) is 18.9 Å². The minimum atomic E-state index is -3.52. The largest absolute Gasteiger partial charge is 0.383 e. The predicted molar refractivity (Wildman–Crippen MR) is 106 cm³/mol. The zero-order chi connectivity index (χ0) is 19.6. The summed E-state index contributed by atoms with van der Waals surface area (Å²) in [6.07, 6.45) is 6.94. The maximum Gasteiger partial charge on any atom is 0.306 e. The molecule has 26 heavy (non-hydrogen) atoms. The minimum Gasteiger partial charge on any atom is -0.383 e. The number of benzene rings is 1. The van der Waals surface area contributed by atoms with E-state index in [1.165, 1.54) is 6.42 Å². The summed E-state index contributed by atoms with van der Waals surface area (Å²) in [6.45, 7) is 7.75. The Morgan fingerprint density at radius 1 is 1.12 bits per heavy atom. The molecular formula is C20H33NO4S. The zero-order valence-electron chi connectivity index (χ0n) is 16.5. The van der Waals surface area contributed by atoms with Gasteiger partial charge in [-0.25, -0.2) is 0 Å². The third-order valence-corrected chi connectivity index (χ3v) is 4.61. The molecule has 1 aromatic rings. The molecule has 1 rings (SSSR count). The quantitative estimate of drug-likeness (QED) is 0.397. The molecule has 6 heteroatoms. The first-order valence-electron chi connectivity index (χ1n) is 9.47. The Morgan fingerprint density at radius 2 is 1.77 bits per heavy atom. The summed E-state index contributed by atoms with van der Waals surface area (Å²) in [5.41, 5.74) is 0.969. The number of amides is 1. The Hall–Kier alpha value is -1.56. The van der Waals surface area contributed by atoms with E-state index in [0.717, 1.165) is 44.0 Å². The maximum absolute atomic E-state index is 12.6. The summed E-state index contributed by atoms with van der Waals surface area (Å²) in [5.74, 6) is 1.02. The average Bonchev–Trinajstić information content (AvgIpc) is 2.55. The molecule has 148 valence electrons. The summed E-state index contributed by atoms with van der Waals surface area (Å²) in [5, 5.41) is 0. The van der Waals surface area contributed by atoms with Crippen molar-refractivity contribution in [1.82, 2.24) is 4.90 Å². The third kappa shape index (κ3) is 9.80. The van der Waals surface area contributed by atoms with Gasteiger partial charge in [-0.1, -0.05) is 52.2 Å². The van der Waals surface area contributed by atoms with Gasteiger partial charge in [-0.3, -0.25) is 4.79 Å². The lowest BCUT2D eigenvalue weighted by atomic mass is 10.1. The van der Waals surface area contributed by atoms with Crippen molar-refractivity contribution in [2.45, 2.75) is 65.8 Å². The lowest BCUT2D eigenvalue weighted by Gasteiger charge is -2.24. The van der Waals surface area contributed by atoms with E-state index < -0.39 is 10.1 Å². The van der Waals surface area contributed by atoms with Crippen LogP contribution >= 0.6 is 0 Å². The minimum absolute atomic E-state index is 0.193. The fraction of sp³-hybridized carbons (Fsp3) is 0.650. The normalized spacial score (nSPS) is 11.6. The molecule has 1 amide bonds. The molecule has 0 aliphatic heterocycles. The third-order valence-electron chi connectivity index (χ3n) is 4.12. The molecule has 0 aliphatic rings. The summed E-state index contributed by atoms with van der Waals surface area (Å²) in [6, 6.07) is 6.88. The summed E-state index contributed by atoms with van der Waals surface area (Å²) in [4.78, 5) is 14.5. The van der Waals surface area contributed by atoms with Gasteiger partial charge < -0.3 is 9.08 Å². The Labute approximate surface area is 158 Å². The molecule has 0 saturated carbocycles. The zero-order valence-corrected chi connectivity index (χ0v) is 17.3. The van der Waals surface area contributed by atoms with Crippen LogP contribution in [-0.4, -0.2) is 32.0 Å². The van der Waals surface area contributed by atoms with Gasteiger partial charge in [-0.15, -0.1) is 0 Å². The van der Waals surface area contributed by atoms with E-state index in [4.69, 9.17) is 4.18 Å². The van der Waals surface area contributed by atoms with Crippen LogP contribution in [0.4, 0.5) is 0 Å². The second-order valence-electron chi connectivity index (χ2n) is 7.24. The Kier molecular flexibility index (Phi) is 9.70. The van der Waals surface area contributed by atoms with Crippen molar-refractivity contribution in [1.29, 1.82) is 0 Å². The second kappa shape index (κ2) is 11.2. The van der Waals surface area contributed by atoms with Crippen LogP contribution in [0.1, 0.15) is 64.9 Å². The van der Waals surface area contributed by atoms with Gasteiger partial charge in [0.1, 0.15) is 5.75 Å². The molecule has 0 N–H and O–H groups in total. The van der Waals surface area contributed by atoms with Gasteiger partial charge in [0.15, 0.2) is 0 Å². The van der Waals surface area contributed by atoms with Crippen LogP contribution in [0.5, 0.6) is 5.75 Å². The van der Waals surface area contributed by atoms with Crippen molar-refractivity contribution in [3.05, 3.63) is 29.8 Å². The first-order chi connectivity index (χ1) is 12.2. The molecule has 1 aromatic carbocycles. The first-order valence-corrected chi connectivity index (χ1v) is 11.3. The van der Waals surface area contributed by atoms with E-state index in [2.05, 4.69) is 20.8 Å². The molecule has 0 heterocycles. The van der Waals surface area contributed by atoms with Crippen molar-refractivity contribution >= 4 is 16.0 Å². The molecule has 0 radical (unpaired) electrons. The smallest absolute Gasteiger partial charge is 0.306 e. The van der Waals surface area contributed by atoms with Gasteiger partial charge in [0.05, 0.1) is 6.26 Å². The molecule has 0 atom stereocenters. The Balaban J connectivity index is 2.70. The average molecular weight is 384 g/mol. The number of hydrogen-bond acceptors (Lipinski definition) is 4. The van der Waals surface area contributed by atoms with E-state index >= 15 is 0 Å². The van der Waals surface area contributed by atoms with Crippen LogP contribution < -0.4 is 4.18 Å². The molecule has 0 aromatic heterocycles. The summed E-state index contributed by atoms with van der Waals surface area (Å²) >= 11 is 0. The fourth-order valence-corrected chi connectivity index (χ4v) is 3.07.